The molecule has 12 nitrogen and oxygen atoms in total. The largest absolute Gasteiger partial charge is 0.458 e. The minimum Gasteiger partial charge on any atom is -0.458 e. The van der Waals surface area contributed by atoms with Crippen LogP contribution in [0.3, 0.4) is 0 Å². The van der Waals surface area contributed by atoms with Crippen LogP contribution in [0.5, 0.6) is 0 Å². The zero-order valence-electron chi connectivity index (χ0n) is 23.2. The van der Waals surface area contributed by atoms with Crippen molar-refractivity contribution in [1.29, 1.82) is 0 Å². The summed E-state index contributed by atoms with van der Waals surface area (Å²) in [6, 6.07) is 5.38. The van der Waals surface area contributed by atoms with Gasteiger partial charge in [-0.3, -0.25) is 19.2 Å². The Bertz CT molecular complexity index is 1240. The van der Waals surface area contributed by atoms with Crippen molar-refractivity contribution in [3.8, 4) is 0 Å². The van der Waals surface area contributed by atoms with E-state index in [1.807, 2.05) is 24.3 Å². The van der Waals surface area contributed by atoms with Crippen LogP contribution in [0.15, 0.2) is 24.3 Å². The van der Waals surface area contributed by atoms with Crippen LogP contribution in [0, 0.1) is 20.8 Å². The Hall–Kier alpha value is -1.88. The van der Waals surface area contributed by atoms with Gasteiger partial charge in [-0.05, 0) is 72.9 Å². The summed E-state index contributed by atoms with van der Waals surface area (Å²) in [6.45, 7) is 1.30. The molecule has 2 bridgehead atoms. The highest BCUT2D eigenvalue weighted by molar-refractivity contribution is 14.1. The molecule has 228 valence electrons. The van der Waals surface area contributed by atoms with Gasteiger partial charge in [0.1, 0.15) is 35.9 Å². The number of carbonyl (C=O) groups excluding carboxylic acids is 3. The van der Waals surface area contributed by atoms with Crippen molar-refractivity contribution in [2.24, 2.45) is 17.3 Å². The molecular weight excluding hydrogens is 661 g/mol. The van der Waals surface area contributed by atoms with Crippen LogP contribution >= 0.6 is 22.6 Å². The molecule has 6 aliphatic rings. The number of aliphatic hydroxyl groups excluding tert-OH is 2. The lowest BCUT2D eigenvalue weighted by atomic mass is 9.62. The Kier molecular flexibility index (Phi) is 7.31. The quantitative estimate of drug-likeness (QED) is 0.199. The maximum absolute atomic E-state index is 14.5. The lowest BCUT2D eigenvalue weighted by Gasteiger charge is -2.49. The highest BCUT2D eigenvalue weighted by Gasteiger charge is 2.78. The number of ether oxygens (including phenoxy) is 3. The van der Waals surface area contributed by atoms with Gasteiger partial charge in [0.25, 0.3) is 0 Å². The fourth-order valence-corrected chi connectivity index (χ4v) is 7.77. The third kappa shape index (κ3) is 4.58. The molecule has 0 spiro atoms. The molecule has 3 aliphatic heterocycles. The van der Waals surface area contributed by atoms with Crippen molar-refractivity contribution < 1.29 is 43.6 Å². The molecule has 4 N–H and O–H groups in total. The average Bonchev–Trinajstić information content (AvgIpc) is 3.90. The third-order valence-electron chi connectivity index (χ3n) is 9.62. The zero-order valence-corrected chi connectivity index (χ0v) is 25.4. The Balaban J connectivity index is 1.26. The molecule has 8 atom stereocenters. The minimum absolute atomic E-state index is 0.0328. The molecule has 3 heterocycles. The summed E-state index contributed by atoms with van der Waals surface area (Å²) in [5.74, 6) is -2.09. The SMILES string of the molecule is CC(O)C(NC(=O)C12CC3OC(=O)C1N(Cc1ccc(I)cc1)OC2C1OC(C2CC2)(C2CC2)OC31)C(=O)NCCO. The Morgan fingerprint density at radius 3 is 2.40 bits per heavy atom. The normalized spacial score (nSPS) is 36.1. The van der Waals surface area contributed by atoms with Crippen LogP contribution in [-0.2, 0) is 40.0 Å². The average molecular weight is 698 g/mol. The summed E-state index contributed by atoms with van der Waals surface area (Å²) in [7, 11) is 0. The zero-order chi connectivity index (χ0) is 29.4. The number of nitrogens with one attached hydrogen (secondary N) is 2. The van der Waals surface area contributed by atoms with E-state index in [1.165, 1.54) is 12.0 Å². The number of hydrogen-bond acceptors (Lipinski definition) is 10. The summed E-state index contributed by atoms with van der Waals surface area (Å²) in [4.78, 5) is 47.7. The lowest BCUT2D eigenvalue weighted by molar-refractivity contribution is -0.235. The van der Waals surface area contributed by atoms with Gasteiger partial charge in [0.15, 0.2) is 11.8 Å². The second-order valence-corrected chi connectivity index (χ2v) is 13.7. The van der Waals surface area contributed by atoms with Crippen LogP contribution in [0.1, 0.15) is 44.6 Å². The Labute approximate surface area is 256 Å². The van der Waals surface area contributed by atoms with E-state index in [0.717, 1.165) is 34.8 Å². The molecule has 6 fully saturated rings. The van der Waals surface area contributed by atoms with Crippen molar-refractivity contribution in [3.63, 3.8) is 0 Å². The number of fused-ring (bicyclic) bond motifs is 4. The van der Waals surface area contributed by atoms with Crippen molar-refractivity contribution in [1.82, 2.24) is 15.7 Å². The Morgan fingerprint density at radius 1 is 1.12 bits per heavy atom. The molecule has 8 unspecified atom stereocenters. The van der Waals surface area contributed by atoms with Gasteiger partial charge in [0, 0.05) is 28.4 Å². The van der Waals surface area contributed by atoms with Crippen molar-refractivity contribution >= 4 is 40.4 Å². The molecule has 7 rings (SSSR count). The number of nitrogens with zero attached hydrogens (tertiary/aromatic N) is 1. The van der Waals surface area contributed by atoms with Gasteiger partial charge in [-0.15, -0.1) is 0 Å². The third-order valence-corrected chi connectivity index (χ3v) is 10.3. The molecule has 2 amide bonds. The topological polar surface area (TPSA) is 156 Å². The first kappa shape index (κ1) is 28.9. The molecule has 0 radical (unpaired) electrons. The summed E-state index contributed by atoms with van der Waals surface area (Å²) < 4.78 is 20.6. The van der Waals surface area contributed by atoms with E-state index in [2.05, 4.69) is 33.2 Å². The molecule has 3 saturated carbocycles. The maximum atomic E-state index is 14.5. The van der Waals surface area contributed by atoms with E-state index < -0.39 is 71.6 Å². The summed E-state index contributed by atoms with van der Waals surface area (Å²) in [5, 5.41) is 26.4. The molecule has 42 heavy (non-hydrogen) atoms. The smallest absolute Gasteiger partial charge is 0.327 e. The van der Waals surface area contributed by atoms with Gasteiger partial charge in [0.05, 0.1) is 19.3 Å². The number of carbonyl (C=O) groups is 3. The number of hydrogen-bond donors (Lipinski definition) is 4. The highest BCUT2D eigenvalue weighted by atomic mass is 127. The predicted octanol–water partition coefficient (Wildman–Crippen LogP) is 0.366. The molecule has 0 aromatic heterocycles. The van der Waals surface area contributed by atoms with Gasteiger partial charge in [-0.1, -0.05) is 12.1 Å². The maximum Gasteiger partial charge on any atom is 0.327 e. The number of esters is 1. The summed E-state index contributed by atoms with van der Waals surface area (Å²) >= 11 is 2.22. The number of rotatable bonds is 10. The number of halogens is 1. The summed E-state index contributed by atoms with van der Waals surface area (Å²) in [6.07, 6.45) is 0.0276. The molecular formula is C29H36IN3O9. The second-order valence-electron chi connectivity index (χ2n) is 12.5. The lowest BCUT2D eigenvalue weighted by Crippen LogP contribution is -2.71. The molecule has 3 saturated heterocycles. The number of amides is 2. The Morgan fingerprint density at radius 2 is 1.79 bits per heavy atom. The molecule has 1 aromatic rings. The molecule has 3 aliphatic carbocycles. The first-order valence-corrected chi connectivity index (χ1v) is 15.9. The molecule has 13 heteroatoms. The van der Waals surface area contributed by atoms with Crippen LogP contribution < -0.4 is 10.6 Å². The van der Waals surface area contributed by atoms with Gasteiger partial charge < -0.3 is 35.1 Å². The van der Waals surface area contributed by atoms with E-state index in [4.69, 9.17) is 24.2 Å². The van der Waals surface area contributed by atoms with Gasteiger partial charge in [-0.25, -0.2) is 0 Å². The van der Waals surface area contributed by atoms with Crippen LogP contribution in [-0.4, -0.2) is 94.6 Å². The molecule has 1 aromatic carbocycles. The van der Waals surface area contributed by atoms with E-state index in [0.29, 0.717) is 0 Å². The van der Waals surface area contributed by atoms with E-state index >= 15 is 0 Å². The van der Waals surface area contributed by atoms with Crippen LogP contribution in [0.2, 0.25) is 0 Å². The van der Waals surface area contributed by atoms with Crippen LogP contribution in [0.4, 0.5) is 0 Å². The highest BCUT2D eigenvalue weighted by Crippen LogP contribution is 2.63. The first-order chi connectivity index (χ1) is 20.2. The van der Waals surface area contributed by atoms with Gasteiger partial charge in [0.2, 0.25) is 11.8 Å². The first-order valence-electron chi connectivity index (χ1n) is 14.8. The van der Waals surface area contributed by atoms with Gasteiger partial charge in [-0.2, -0.15) is 5.06 Å². The van der Waals surface area contributed by atoms with Crippen molar-refractivity contribution in [2.45, 2.75) is 94.0 Å². The summed E-state index contributed by atoms with van der Waals surface area (Å²) in [5.41, 5.74) is -0.573. The predicted molar refractivity (Wildman–Crippen MR) is 152 cm³/mol. The van der Waals surface area contributed by atoms with Crippen molar-refractivity contribution in [3.05, 3.63) is 33.4 Å². The monoisotopic (exact) mass is 697 g/mol. The van der Waals surface area contributed by atoms with Crippen molar-refractivity contribution in [2.75, 3.05) is 13.2 Å². The van der Waals surface area contributed by atoms with E-state index in [-0.39, 0.29) is 38.0 Å². The number of hydroxylamine groups is 2. The minimum atomic E-state index is -1.46. The van der Waals surface area contributed by atoms with E-state index in [9.17, 15) is 19.5 Å². The number of aliphatic hydroxyl groups is 2. The fourth-order valence-electron chi connectivity index (χ4n) is 7.41. The van der Waals surface area contributed by atoms with E-state index in [1.54, 1.807) is 0 Å². The fraction of sp³-hybridized carbons (Fsp3) is 0.690. The second kappa shape index (κ2) is 10.6. The number of benzene rings is 1. The van der Waals surface area contributed by atoms with Crippen LogP contribution in [0.25, 0.3) is 0 Å². The van der Waals surface area contributed by atoms with Gasteiger partial charge >= 0.3 is 5.97 Å². The standard InChI is InChI=1S/C29H36IN3O9/c1-14(35)20(25(36)31-10-11-34)32-27(38)28-12-19-21-22(41-29(40-21,16-4-5-16)17-6-7-17)24(28)42-33(23(28)26(37)39-19)13-15-2-8-18(30)9-3-15/h2-3,8-9,14,16-17,19-24,34-35H,4-7,10-13H2,1H3,(H,31,36)(H,32,38).